The third-order valence-electron chi connectivity index (χ3n) is 4.12. The van der Waals surface area contributed by atoms with Crippen molar-refractivity contribution in [2.45, 2.75) is 25.4 Å². The molecule has 0 radical (unpaired) electrons. The van der Waals surface area contributed by atoms with Gasteiger partial charge in [0.25, 0.3) is 0 Å². The second-order valence-corrected chi connectivity index (χ2v) is 6.42. The molecule has 0 aliphatic carbocycles. The average Bonchev–Trinajstić information content (AvgIpc) is 3.30. The second kappa shape index (κ2) is 8.82. The topological polar surface area (TPSA) is 108 Å². The van der Waals surface area contributed by atoms with Crippen LogP contribution < -0.4 is 5.32 Å². The van der Waals surface area contributed by atoms with E-state index in [0.717, 1.165) is 28.9 Å². The predicted molar refractivity (Wildman–Crippen MR) is 98.3 cm³/mol. The molecule has 8 nitrogen and oxygen atoms in total. The van der Waals surface area contributed by atoms with Crippen molar-refractivity contribution in [1.29, 1.82) is 0 Å². The molecule has 0 aliphatic rings. The molecule has 3 N–H and O–H groups in total. The number of carboxylic acids is 1. The van der Waals surface area contributed by atoms with Gasteiger partial charge in [-0.1, -0.05) is 0 Å². The van der Waals surface area contributed by atoms with E-state index in [0.29, 0.717) is 18.0 Å². The fourth-order valence-corrected chi connectivity index (χ4v) is 2.66. The van der Waals surface area contributed by atoms with E-state index in [-0.39, 0.29) is 6.54 Å². The lowest BCUT2D eigenvalue weighted by Gasteiger charge is -2.07. The van der Waals surface area contributed by atoms with Crippen molar-refractivity contribution < 1.29 is 36.2 Å². The van der Waals surface area contributed by atoms with E-state index >= 15 is 0 Å². The van der Waals surface area contributed by atoms with Crippen molar-refractivity contribution in [2.24, 2.45) is 0 Å². The summed E-state index contributed by atoms with van der Waals surface area (Å²) in [7, 11) is 0. The highest BCUT2D eigenvalue weighted by Gasteiger charge is 2.38. The number of H-pyrrole nitrogens is 1. The van der Waals surface area contributed by atoms with Crippen molar-refractivity contribution in [3.63, 3.8) is 0 Å². The van der Waals surface area contributed by atoms with Crippen molar-refractivity contribution in [3.8, 4) is 0 Å². The van der Waals surface area contributed by atoms with E-state index in [1.165, 1.54) is 10.5 Å². The minimum absolute atomic E-state index is 0.288. The number of carboxylic acid groups (broad SMARTS) is 1. The molecule has 32 heavy (non-hydrogen) atoms. The highest BCUT2D eigenvalue weighted by atomic mass is 19.4. The van der Waals surface area contributed by atoms with Gasteiger partial charge in [-0.2, -0.15) is 26.3 Å². The van der Waals surface area contributed by atoms with Crippen molar-refractivity contribution in [3.05, 3.63) is 59.9 Å². The molecule has 0 aromatic carbocycles. The first-order valence-electron chi connectivity index (χ1n) is 8.78. The maximum absolute atomic E-state index is 12.8. The van der Waals surface area contributed by atoms with Crippen molar-refractivity contribution in [2.75, 3.05) is 0 Å². The lowest BCUT2D eigenvalue weighted by molar-refractivity contribution is -0.192. The monoisotopic (exact) mass is 460 g/mol. The molecular weight excluding hydrogens is 446 g/mol. The van der Waals surface area contributed by atoms with Crippen LogP contribution >= 0.6 is 0 Å². The molecule has 0 spiro atoms. The minimum atomic E-state index is -5.08. The summed E-state index contributed by atoms with van der Waals surface area (Å²) in [5.41, 5.74) is 1.58. The zero-order chi connectivity index (χ0) is 23.5. The number of aromatic amines is 1. The van der Waals surface area contributed by atoms with E-state index in [1.807, 2.05) is 12.1 Å². The third-order valence-corrected chi connectivity index (χ3v) is 4.12. The highest BCUT2D eigenvalue weighted by Crippen LogP contribution is 2.29. The zero-order valence-electron chi connectivity index (χ0n) is 15.9. The number of alkyl halides is 6. The molecule has 0 aliphatic heterocycles. The summed E-state index contributed by atoms with van der Waals surface area (Å²) in [6.45, 7) is 0.804. The van der Waals surface area contributed by atoms with E-state index in [4.69, 9.17) is 9.90 Å². The van der Waals surface area contributed by atoms with Gasteiger partial charge in [0, 0.05) is 41.7 Å². The minimum Gasteiger partial charge on any atom is -0.475 e. The van der Waals surface area contributed by atoms with Crippen LogP contribution in [0.3, 0.4) is 0 Å². The molecule has 4 aromatic rings. The average molecular weight is 460 g/mol. The van der Waals surface area contributed by atoms with Crippen LogP contribution in [0, 0.1) is 0 Å². The van der Waals surface area contributed by atoms with Gasteiger partial charge in [-0.25, -0.2) is 4.79 Å². The smallest absolute Gasteiger partial charge is 0.475 e. The lowest BCUT2D eigenvalue weighted by atomic mass is 10.3. The Morgan fingerprint density at radius 2 is 1.81 bits per heavy atom. The Bertz CT molecular complexity index is 1200. The number of hydrogen-bond acceptors (Lipinski definition) is 5. The first-order chi connectivity index (χ1) is 14.9. The standard InChI is InChI=1S/C16H13F3N6.C2HF3O2/c17-16(18,19)11-1-2-14-23-24-15(25(14)9-11)8-21-7-12-5-10-6-20-4-3-13(10)22-12;3-2(4,5)1(6)7/h1-6,9,21-22H,7-8H2;(H,6,7). The van der Waals surface area contributed by atoms with Crippen LogP contribution in [0.1, 0.15) is 17.1 Å². The van der Waals surface area contributed by atoms with Crippen LogP contribution in [0.15, 0.2) is 42.9 Å². The zero-order valence-corrected chi connectivity index (χ0v) is 15.9. The molecule has 0 amide bonds. The van der Waals surface area contributed by atoms with Gasteiger partial charge in [-0.15, -0.1) is 10.2 Å². The van der Waals surface area contributed by atoms with Crippen LogP contribution in [-0.4, -0.2) is 41.8 Å². The second-order valence-electron chi connectivity index (χ2n) is 6.42. The highest BCUT2D eigenvalue weighted by molar-refractivity contribution is 5.79. The number of hydrogen-bond donors (Lipinski definition) is 3. The quantitative estimate of drug-likeness (QED) is 0.402. The number of aliphatic carboxylic acids is 1. The van der Waals surface area contributed by atoms with Gasteiger partial charge in [0.1, 0.15) is 0 Å². The van der Waals surface area contributed by atoms with Crippen LogP contribution in [0.4, 0.5) is 26.3 Å². The molecule has 14 heteroatoms. The molecule has 0 unspecified atom stereocenters. The van der Waals surface area contributed by atoms with Gasteiger partial charge in [-0.05, 0) is 24.3 Å². The van der Waals surface area contributed by atoms with Crippen molar-refractivity contribution >= 4 is 22.5 Å². The Balaban J connectivity index is 0.000000360. The summed E-state index contributed by atoms with van der Waals surface area (Å²) in [6, 6.07) is 6.16. The number of nitrogens with one attached hydrogen (secondary N) is 2. The summed E-state index contributed by atoms with van der Waals surface area (Å²) in [4.78, 5) is 16.2. The third kappa shape index (κ3) is 5.51. The van der Waals surface area contributed by atoms with Gasteiger partial charge < -0.3 is 15.4 Å². The lowest BCUT2D eigenvalue weighted by Crippen LogP contribution is -2.21. The Hall–Kier alpha value is -3.68. The van der Waals surface area contributed by atoms with E-state index in [9.17, 15) is 26.3 Å². The molecular formula is C18H14F6N6O2. The number of rotatable bonds is 4. The molecule has 0 fully saturated rings. The van der Waals surface area contributed by atoms with E-state index < -0.39 is 23.9 Å². The summed E-state index contributed by atoms with van der Waals surface area (Å²) in [6.07, 6.45) is -5.00. The maximum atomic E-state index is 12.8. The molecule has 4 aromatic heterocycles. The number of pyridine rings is 2. The molecule has 170 valence electrons. The Labute approximate surface area is 174 Å². The van der Waals surface area contributed by atoms with Gasteiger partial charge in [0.05, 0.1) is 12.1 Å². The fraction of sp³-hybridized carbons (Fsp3) is 0.222. The first-order valence-corrected chi connectivity index (χ1v) is 8.78. The number of halogens is 6. The number of carbonyl (C=O) groups is 1. The Morgan fingerprint density at radius 3 is 2.44 bits per heavy atom. The number of fused-ring (bicyclic) bond motifs is 2. The predicted octanol–water partition coefficient (Wildman–Crippen LogP) is 3.55. The summed E-state index contributed by atoms with van der Waals surface area (Å²) >= 11 is 0. The summed E-state index contributed by atoms with van der Waals surface area (Å²) in [5.74, 6) is -2.34. The van der Waals surface area contributed by atoms with E-state index in [1.54, 1.807) is 12.4 Å². The Kier molecular flexibility index (Phi) is 6.34. The van der Waals surface area contributed by atoms with Crippen LogP contribution in [0.5, 0.6) is 0 Å². The fourth-order valence-electron chi connectivity index (χ4n) is 2.66. The molecule has 0 atom stereocenters. The van der Waals surface area contributed by atoms with Crippen LogP contribution in [0.25, 0.3) is 16.6 Å². The SMILES string of the molecule is FC(F)(F)c1ccc2nnc(CNCc3cc4cnccc4[nH]3)n2c1.O=C(O)C(F)(F)F. The first kappa shape index (κ1) is 23.0. The normalized spacial score (nSPS) is 12.1. The van der Waals surface area contributed by atoms with Gasteiger partial charge in [0.2, 0.25) is 0 Å². The van der Waals surface area contributed by atoms with Gasteiger partial charge in [-0.3, -0.25) is 9.38 Å². The molecule has 0 saturated heterocycles. The van der Waals surface area contributed by atoms with Gasteiger partial charge in [0.15, 0.2) is 11.5 Å². The van der Waals surface area contributed by atoms with Crippen molar-refractivity contribution in [1.82, 2.24) is 29.9 Å². The molecule has 4 rings (SSSR count). The summed E-state index contributed by atoms with van der Waals surface area (Å²) < 4.78 is 71.6. The largest absolute Gasteiger partial charge is 0.490 e. The van der Waals surface area contributed by atoms with Crippen LogP contribution in [0.2, 0.25) is 0 Å². The number of nitrogens with zero attached hydrogens (tertiary/aromatic N) is 4. The number of aromatic nitrogens is 5. The van der Waals surface area contributed by atoms with Crippen LogP contribution in [-0.2, 0) is 24.1 Å². The molecule has 4 heterocycles. The summed E-state index contributed by atoms with van der Waals surface area (Å²) in [5, 5.41) is 19.1. The Morgan fingerprint density at radius 1 is 1.09 bits per heavy atom. The maximum Gasteiger partial charge on any atom is 0.490 e. The molecule has 0 saturated carbocycles. The van der Waals surface area contributed by atoms with E-state index in [2.05, 4.69) is 25.5 Å². The molecule has 0 bridgehead atoms. The van der Waals surface area contributed by atoms with Gasteiger partial charge >= 0.3 is 18.3 Å².